The van der Waals surface area contributed by atoms with Crippen molar-refractivity contribution in [3.63, 3.8) is 0 Å². The van der Waals surface area contributed by atoms with Crippen LogP contribution in [0.3, 0.4) is 0 Å². The standard InChI is InChI=1S/C15H10F2N2O2/c16-13-5-4-11(19)6-12(13)15(20)21-8-10-3-1-2-9(7-18)14(10)17/h1-6H,8,19H2. The Kier molecular flexibility index (Phi) is 4.14. The van der Waals surface area contributed by atoms with Gasteiger partial charge in [0, 0.05) is 11.3 Å². The molecule has 2 aromatic carbocycles. The number of hydrogen-bond donors (Lipinski definition) is 1. The first-order valence-electron chi connectivity index (χ1n) is 5.92. The quantitative estimate of drug-likeness (QED) is 0.696. The number of nitriles is 1. The van der Waals surface area contributed by atoms with E-state index in [0.717, 1.165) is 12.1 Å². The minimum absolute atomic E-state index is 0.0340. The third-order valence-corrected chi connectivity index (χ3v) is 2.77. The van der Waals surface area contributed by atoms with Gasteiger partial charge in [-0.15, -0.1) is 0 Å². The third kappa shape index (κ3) is 3.15. The molecule has 0 unspecified atom stereocenters. The smallest absolute Gasteiger partial charge is 0.341 e. The summed E-state index contributed by atoms with van der Waals surface area (Å²) in [4.78, 5) is 11.8. The Morgan fingerprint density at radius 3 is 2.76 bits per heavy atom. The minimum atomic E-state index is -0.957. The van der Waals surface area contributed by atoms with Gasteiger partial charge in [-0.2, -0.15) is 5.26 Å². The second-order valence-electron chi connectivity index (χ2n) is 4.21. The molecule has 6 heteroatoms. The van der Waals surface area contributed by atoms with Crippen molar-refractivity contribution >= 4 is 11.7 Å². The molecule has 0 aliphatic heterocycles. The highest BCUT2D eigenvalue weighted by atomic mass is 19.1. The van der Waals surface area contributed by atoms with Gasteiger partial charge in [-0.1, -0.05) is 12.1 Å². The number of ether oxygens (including phenoxy) is 1. The summed E-state index contributed by atoms with van der Waals surface area (Å²) >= 11 is 0. The fourth-order valence-electron chi connectivity index (χ4n) is 1.70. The minimum Gasteiger partial charge on any atom is -0.457 e. The largest absolute Gasteiger partial charge is 0.457 e. The number of hydrogen-bond acceptors (Lipinski definition) is 4. The highest BCUT2D eigenvalue weighted by molar-refractivity contribution is 5.90. The Hall–Kier alpha value is -2.94. The zero-order valence-corrected chi connectivity index (χ0v) is 10.8. The van der Waals surface area contributed by atoms with E-state index in [1.54, 1.807) is 6.07 Å². The summed E-state index contributed by atoms with van der Waals surface area (Å²) in [6.45, 7) is -0.408. The highest BCUT2D eigenvalue weighted by Crippen LogP contribution is 2.16. The van der Waals surface area contributed by atoms with Gasteiger partial charge in [-0.05, 0) is 24.3 Å². The van der Waals surface area contributed by atoms with E-state index in [0.29, 0.717) is 0 Å². The molecule has 0 heterocycles. The molecule has 0 atom stereocenters. The Balaban J connectivity index is 2.15. The van der Waals surface area contributed by atoms with E-state index < -0.39 is 24.2 Å². The molecule has 106 valence electrons. The lowest BCUT2D eigenvalue weighted by molar-refractivity contribution is 0.0463. The molecule has 2 aromatic rings. The molecular formula is C15H10F2N2O2. The van der Waals surface area contributed by atoms with E-state index in [4.69, 9.17) is 15.7 Å². The van der Waals surface area contributed by atoms with Crippen LogP contribution in [0.4, 0.5) is 14.5 Å². The molecule has 0 saturated carbocycles. The Morgan fingerprint density at radius 1 is 1.29 bits per heavy atom. The van der Waals surface area contributed by atoms with E-state index in [2.05, 4.69) is 0 Å². The molecule has 0 fully saturated rings. The number of nitrogens with two attached hydrogens (primary N) is 1. The van der Waals surface area contributed by atoms with E-state index in [-0.39, 0.29) is 22.4 Å². The van der Waals surface area contributed by atoms with Crippen molar-refractivity contribution in [2.75, 3.05) is 5.73 Å². The summed E-state index contributed by atoms with van der Waals surface area (Å²) in [5.41, 5.74) is 5.23. The van der Waals surface area contributed by atoms with Gasteiger partial charge in [0.15, 0.2) is 0 Å². The fraction of sp³-hybridized carbons (Fsp3) is 0.0667. The number of halogens is 2. The van der Waals surface area contributed by atoms with Crippen molar-refractivity contribution in [3.8, 4) is 6.07 Å². The van der Waals surface area contributed by atoms with Crippen LogP contribution in [0, 0.1) is 23.0 Å². The van der Waals surface area contributed by atoms with Crippen molar-refractivity contribution in [1.29, 1.82) is 5.26 Å². The normalized spacial score (nSPS) is 9.95. The van der Waals surface area contributed by atoms with Crippen LogP contribution in [0.5, 0.6) is 0 Å². The maximum absolute atomic E-state index is 13.8. The van der Waals surface area contributed by atoms with Crippen LogP contribution in [-0.2, 0) is 11.3 Å². The summed E-state index contributed by atoms with van der Waals surface area (Å²) in [5, 5.41) is 8.70. The summed E-state index contributed by atoms with van der Waals surface area (Å²) in [5.74, 6) is -2.50. The number of rotatable bonds is 3. The van der Waals surface area contributed by atoms with E-state index in [9.17, 15) is 13.6 Å². The number of carbonyl (C=O) groups excluding carboxylic acids is 1. The first-order valence-corrected chi connectivity index (χ1v) is 5.92. The van der Waals surface area contributed by atoms with Crippen molar-refractivity contribution in [2.45, 2.75) is 6.61 Å². The van der Waals surface area contributed by atoms with Crippen molar-refractivity contribution in [1.82, 2.24) is 0 Å². The molecule has 0 aliphatic carbocycles. The number of anilines is 1. The number of carbonyl (C=O) groups is 1. The predicted octanol–water partition coefficient (Wildman–Crippen LogP) is 2.78. The Labute approximate surface area is 119 Å². The zero-order valence-electron chi connectivity index (χ0n) is 10.8. The fourth-order valence-corrected chi connectivity index (χ4v) is 1.70. The zero-order chi connectivity index (χ0) is 15.4. The molecule has 0 saturated heterocycles. The van der Waals surface area contributed by atoms with Crippen LogP contribution in [0.2, 0.25) is 0 Å². The van der Waals surface area contributed by atoms with Gasteiger partial charge < -0.3 is 10.5 Å². The van der Waals surface area contributed by atoms with Gasteiger partial charge in [0.05, 0.1) is 11.1 Å². The molecule has 0 bridgehead atoms. The molecular weight excluding hydrogens is 278 g/mol. The lowest BCUT2D eigenvalue weighted by Crippen LogP contribution is -2.09. The first-order chi connectivity index (χ1) is 10.0. The van der Waals surface area contributed by atoms with E-state index >= 15 is 0 Å². The number of nitrogen functional groups attached to an aromatic ring is 1. The van der Waals surface area contributed by atoms with E-state index in [1.165, 1.54) is 24.3 Å². The maximum atomic E-state index is 13.8. The van der Waals surface area contributed by atoms with Gasteiger partial charge in [0.2, 0.25) is 0 Å². The van der Waals surface area contributed by atoms with Crippen LogP contribution in [0.25, 0.3) is 0 Å². The third-order valence-electron chi connectivity index (χ3n) is 2.77. The first kappa shape index (κ1) is 14.5. The van der Waals surface area contributed by atoms with Gasteiger partial charge in [-0.3, -0.25) is 0 Å². The summed E-state index contributed by atoms with van der Waals surface area (Å²) in [6, 6.07) is 9.31. The summed E-state index contributed by atoms with van der Waals surface area (Å²) in [6.07, 6.45) is 0. The summed E-state index contributed by atoms with van der Waals surface area (Å²) < 4.78 is 32.1. The number of esters is 1. The number of benzene rings is 2. The molecule has 21 heavy (non-hydrogen) atoms. The monoisotopic (exact) mass is 288 g/mol. The van der Waals surface area contributed by atoms with Crippen LogP contribution in [-0.4, -0.2) is 5.97 Å². The highest BCUT2D eigenvalue weighted by Gasteiger charge is 2.15. The summed E-state index contributed by atoms with van der Waals surface area (Å²) in [7, 11) is 0. The van der Waals surface area contributed by atoms with Crippen LogP contribution >= 0.6 is 0 Å². The van der Waals surface area contributed by atoms with Gasteiger partial charge in [0.1, 0.15) is 24.3 Å². The molecule has 4 nitrogen and oxygen atoms in total. The SMILES string of the molecule is N#Cc1cccc(COC(=O)c2cc(N)ccc2F)c1F. The second kappa shape index (κ2) is 6.01. The van der Waals surface area contributed by atoms with Crippen molar-refractivity contribution in [2.24, 2.45) is 0 Å². The van der Waals surface area contributed by atoms with Crippen LogP contribution in [0.1, 0.15) is 21.5 Å². The lowest BCUT2D eigenvalue weighted by atomic mass is 10.1. The predicted molar refractivity (Wildman–Crippen MR) is 71.0 cm³/mol. The maximum Gasteiger partial charge on any atom is 0.341 e. The van der Waals surface area contributed by atoms with Gasteiger partial charge in [0.25, 0.3) is 0 Å². The second-order valence-corrected chi connectivity index (χ2v) is 4.21. The van der Waals surface area contributed by atoms with Crippen molar-refractivity contribution in [3.05, 3.63) is 64.7 Å². The van der Waals surface area contributed by atoms with Crippen LogP contribution in [0.15, 0.2) is 36.4 Å². The molecule has 0 aliphatic rings. The van der Waals surface area contributed by atoms with Crippen molar-refractivity contribution < 1.29 is 18.3 Å². The molecule has 0 spiro atoms. The molecule has 0 aromatic heterocycles. The molecule has 2 N–H and O–H groups in total. The topological polar surface area (TPSA) is 76.1 Å². The Bertz CT molecular complexity index is 739. The van der Waals surface area contributed by atoms with Crippen LogP contribution < -0.4 is 5.73 Å². The van der Waals surface area contributed by atoms with Gasteiger partial charge in [-0.25, -0.2) is 13.6 Å². The lowest BCUT2D eigenvalue weighted by Gasteiger charge is -2.07. The average molecular weight is 288 g/mol. The Morgan fingerprint density at radius 2 is 2.05 bits per heavy atom. The number of nitrogens with zero attached hydrogens (tertiary/aromatic N) is 1. The average Bonchev–Trinajstić information content (AvgIpc) is 2.48. The molecule has 2 rings (SSSR count). The van der Waals surface area contributed by atoms with E-state index in [1.807, 2.05) is 0 Å². The van der Waals surface area contributed by atoms with Gasteiger partial charge >= 0.3 is 5.97 Å². The molecule has 0 radical (unpaired) electrons. The molecule has 0 amide bonds.